The van der Waals surface area contributed by atoms with E-state index in [1.807, 2.05) is 0 Å². The lowest BCUT2D eigenvalue weighted by Gasteiger charge is -2.25. The van der Waals surface area contributed by atoms with E-state index in [1.54, 1.807) is 12.1 Å². The Kier molecular flexibility index (Phi) is 2.70. The van der Waals surface area contributed by atoms with Gasteiger partial charge in [0.1, 0.15) is 0 Å². The zero-order chi connectivity index (χ0) is 15.3. The fraction of sp³-hybridized carbons (Fsp3) is 0.167. The lowest BCUT2D eigenvalue weighted by Crippen LogP contribution is -2.42. The summed E-state index contributed by atoms with van der Waals surface area (Å²) >= 11 is 0. The number of fused-ring (bicyclic) bond motifs is 1. The molecule has 1 aliphatic heterocycles. The molecule has 21 heavy (non-hydrogen) atoms. The maximum atomic E-state index is 12.6. The number of aromatic nitrogens is 2. The Morgan fingerprint density at radius 3 is 2.67 bits per heavy atom. The van der Waals surface area contributed by atoms with Crippen LogP contribution in [0.2, 0.25) is 0 Å². The van der Waals surface area contributed by atoms with Gasteiger partial charge in [0.05, 0.1) is 11.0 Å². The predicted octanol–water partition coefficient (Wildman–Crippen LogP) is 1.12. The van der Waals surface area contributed by atoms with Gasteiger partial charge in [-0.25, -0.2) is 9.98 Å². The minimum absolute atomic E-state index is 0.126. The van der Waals surface area contributed by atoms with Crippen LogP contribution in [0.5, 0.6) is 0 Å². The number of benzene rings is 1. The normalized spacial score (nSPS) is 22.2. The number of hydrogen-bond acceptors (Lipinski definition) is 5. The Balaban J connectivity index is 2.09. The number of nitrogens with one attached hydrogen (secondary N) is 2. The number of aromatic amines is 1. The van der Waals surface area contributed by atoms with Crippen LogP contribution in [0.1, 0.15) is 11.4 Å². The Morgan fingerprint density at radius 1 is 1.24 bits per heavy atom. The average Bonchev–Trinajstić information content (AvgIpc) is 2.81. The van der Waals surface area contributed by atoms with Crippen LogP contribution in [-0.2, 0) is 11.8 Å². The third kappa shape index (κ3) is 2.31. The van der Waals surface area contributed by atoms with Crippen molar-refractivity contribution in [3.8, 4) is 0 Å². The number of alkyl halides is 3. The van der Waals surface area contributed by atoms with Gasteiger partial charge in [-0.2, -0.15) is 13.2 Å². The summed E-state index contributed by atoms with van der Waals surface area (Å²) in [6, 6.07) is 4.49. The Hall–Kier alpha value is -2.55. The molecule has 1 unspecified atom stereocenters. The molecule has 1 aromatic carbocycles. The maximum Gasteiger partial charge on any atom is 0.449 e. The maximum absolute atomic E-state index is 12.6. The molecule has 0 bridgehead atoms. The minimum atomic E-state index is -4.53. The second-order valence-electron chi connectivity index (χ2n) is 4.62. The topological polar surface area (TPSA) is 105 Å². The van der Waals surface area contributed by atoms with Gasteiger partial charge >= 0.3 is 6.18 Å². The van der Waals surface area contributed by atoms with E-state index in [0.29, 0.717) is 5.56 Å². The Morgan fingerprint density at radius 2 is 2.00 bits per heavy atom. The van der Waals surface area contributed by atoms with Gasteiger partial charge in [0.2, 0.25) is 5.82 Å². The molecule has 0 fully saturated rings. The number of nitrogens with zero attached hydrogens (tertiary/aromatic N) is 2. The number of imidazole rings is 1. The molecule has 3 rings (SSSR count). The summed E-state index contributed by atoms with van der Waals surface area (Å²) in [5.74, 6) is -0.926. The molecule has 0 spiro atoms. The number of aliphatic imine (C=N–C) groups is 1. The van der Waals surface area contributed by atoms with E-state index >= 15 is 0 Å². The molecule has 0 radical (unpaired) electrons. The lowest BCUT2D eigenvalue weighted by atomic mass is 9.99. The van der Waals surface area contributed by atoms with Gasteiger partial charge in [0.25, 0.3) is 0 Å². The van der Waals surface area contributed by atoms with Crippen molar-refractivity contribution in [2.75, 3.05) is 0 Å². The smallest absolute Gasteiger partial charge is 0.370 e. The van der Waals surface area contributed by atoms with E-state index in [9.17, 15) is 13.2 Å². The molecule has 0 aliphatic carbocycles. The van der Waals surface area contributed by atoms with Crippen molar-refractivity contribution < 1.29 is 13.2 Å². The Bertz CT molecular complexity index is 760. The van der Waals surface area contributed by atoms with Crippen molar-refractivity contribution in [2.24, 2.45) is 16.5 Å². The number of guanidine groups is 1. The van der Waals surface area contributed by atoms with Gasteiger partial charge in [-0.3, -0.25) is 5.73 Å². The molecule has 110 valence electrons. The first-order chi connectivity index (χ1) is 9.78. The zero-order valence-corrected chi connectivity index (χ0v) is 10.6. The highest BCUT2D eigenvalue weighted by Crippen LogP contribution is 2.30. The summed E-state index contributed by atoms with van der Waals surface area (Å²) in [5, 5.41) is 2.67. The number of H-pyrrole nitrogens is 1. The highest BCUT2D eigenvalue weighted by atomic mass is 19.4. The van der Waals surface area contributed by atoms with Gasteiger partial charge in [0.15, 0.2) is 11.6 Å². The van der Waals surface area contributed by atoms with Crippen LogP contribution in [0.15, 0.2) is 35.5 Å². The fourth-order valence-electron chi connectivity index (χ4n) is 2.08. The van der Waals surface area contributed by atoms with E-state index in [2.05, 4.69) is 20.3 Å². The summed E-state index contributed by atoms with van der Waals surface area (Å²) in [6.07, 6.45) is -1.44. The van der Waals surface area contributed by atoms with Crippen LogP contribution in [0.3, 0.4) is 0 Å². The number of nitrogens with two attached hydrogens (primary N) is 2. The standard InChI is InChI=1S/C12H11F3N6/c13-12(14,15)9-19-7-2-1-6(5-8(7)20-9)11(17)3-4-18-10(16)21-11/h1-5H,17H2,(H,19,20)(H3,16,18,21). The van der Waals surface area contributed by atoms with Gasteiger partial charge in [-0.1, -0.05) is 6.07 Å². The van der Waals surface area contributed by atoms with E-state index in [1.165, 1.54) is 18.3 Å². The SMILES string of the molecule is NC1=NC(N)(c2ccc3nc(C(F)(F)F)[nH]c3c2)C=CN1. The summed E-state index contributed by atoms with van der Waals surface area (Å²) in [4.78, 5) is 9.79. The van der Waals surface area contributed by atoms with Crippen LogP contribution >= 0.6 is 0 Å². The quantitative estimate of drug-likeness (QED) is 0.633. The zero-order valence-electron chi connectivity index (χ0n) is 10.6. The van der Waals surface area contributed by atoms with Crippen LogP contribution in [-0.4, -0.2) is 15.9 Å². The van der Waals surface area contributed by atoms with Crippen LogP contribution < -0.4 is 16.8 Å². The molecular weight excluding hydrogens is 285 g/mol. The van der Waals surface area contributed by atoms with Crippen molar-refractivity contribution in [2.45, 2.75) is 11.8 Å². The lowest BCUT2D eigenvalue weighted by molar-refractivity contribution is -0.144. The number of hydrogen-bond donors (Lipinski definition) is 4. The van der Waals surface area contributed by atoms with Crippen molar-refractivity contribution in [1.29, 1.82) is 0 Å². The van der Waals surface area contributed by atoms with Crippen LogP contribution in [0.4, 0.5) is 13.2 Å². The average molecular weight is 296 g/mol. The molecule has 2 aromatic rings. The summed E-state index contributed by atoms with van der Waals surface area (Å²) in [5.41, 5.74) is 11.4. The molecule has 0 saturated heterocycles. The van der Waals surface area contributed by atoms with E-state index < -0.39 is 17.7 Å². The fourth-order valence-corrected chi connectivity index (χ4v) is 2.08. The highest BCUT2D eigenvalue weighted by molar-refractivity contribution is 5.81. The van der Waals surface area contributed by atoms with Crippen molar-refractivity contribution >= 4 is 17.0 Å². The number of rotatable bonds is 1. The molecule has 2 heterocycles. The van der Waals surface area contributed by atoms with Gasteiger partial charge in [-0.05, 0) is 18.2 Å². The molecule has 0 amide bonds. The summed E-state index contributed by atoms with van der Waals surface area (Å²) in [6.45, 7) is 0. The monoisotopic (exact) mass is 296 g/mol. The number of halogens is 3. The van der Waals surface area contributed by atoms with E-state index in [4.69, 9.17) is 11.5 Å². The molecule has 1 atom stereocenters. The third-order valence-corrected chi connectivity index (χ3v) is 3.09. The van der Waals surface area contributed by atoms with Crippen LogP contribution in [0.25, 0.3) is 11.0 Å². The first kappa shape index (κ1) is 13.4. The highest BCUT2D eigenvalue weighted by Gasteiger charge is 2.35. The first-order valence-corrected chi connectivity index (χ1v) is 5.94. The summed E-state index contributed by atoms with van der Waals surface area (Å²) in [7, 11) is 0. The van der Waals surface area contributed by atoms with E-state index in [-0.39, 0.29) is 17.0 Å². The largest absolute Gasteiger partial charge is 0.449 e. The van der Waals surface area contributed by atoms with Gasteiger partial charge in [0, 0.05) is 11.8 Å². The molecule has 6 nitrogen and oxygen atoms in total. The van der Waals surface area contributed by atoms with Gasteiger partial charge in [-0.15, -0.1) is 0 Å². The third-order valence-electron chi connectivity index (χ3n) is 3.09. The molecule has 1 aromatic heterocycles. The molecule has 6 N–H and O–H groups in total. The Labute approximate surface area is 116 Å². The second kappa shape index (κ2) is 4.22. The van der Waals surface area contributed by atoms with E-state index in [0.717, 1.165) is 0 Å². The molecule has 9 heteroatoms. The first-order valence-electron chi connectivity index (χ1n) is 5.94. The molecule has 1 aliphatic rings. The predicted molar refractivity (Wildman–Crippen MR) is 70.9 cm³/mol. The summed E-state index contributed by atoms with van der Waals surface area (Å²) < 4.78 is 37.9. The minimum Gasteiger partial charge on any atom is -0.370 e. The van der Waals surface area contributed by atoms with Crippen molar-refractivity contribution in [3.05, 3.63) is 41.9 Å². The van der Waals surface area contributed by atoms with Crippen molar-refractivity contribution in [3.63, 3.8) is 0 Å². The van der Waals surface area contributed by atoms with Gasteiger partial charge < -0.3 is 16.0 Å². The van der Waals surface area contributed by atoms with Crippen LogP contribution in [0, 0.1) is 0 Å². The molecule has 0 saturated carbocycles. The second-order valence-corrected chi connectivity index (χ2v) is 4.62. The molecular formula is C12H11F3N6. The van der Waals surface area contributed by atoms with Crippen molar-refractivity contribution in [1.82, 2.24) is 15.3 Å².